The predicted octanol–water partition coefficient (Wildman–Crippen LogP) is 2.82. The van der Waals surface area contributed by atoms with Crippen molar-refractivity contribution in [2.24, 2.45) is 0 Å². The molecule has 0 heterocycles. The Morgan fingerprint density at radius 1 is 1.06 bits per heavy atom. The van der Waals surface area contributed by atoms with Gasteiger partial charge >= 0.3 is 0 Å². The van der Waals surface area contributed by atoms with Gasteiger partial charge in [-0.25, -0.2) is 0 Å². The predicted molar refractivity (Wildman–Crippen MR) is 72.2 cm³/mol. The average Bonchev–Trinajstić information content (AvgIpc) is 2.31. The van der Waals surface area contributed by atoms with Gasteiger partial charge in [0.25, 0.3) is 0 Å². The van der Waals surface area contributed by atoms with Gasteiger partial charge in [-0.1, -0.05) is 24.6 Å². The Bertz CT molecular complexity index is 279. The summed E-state index contributed by atoms with van der Waals surface area (Å²) in [6.45, 7) is 10.9. The van der Waals surface area contributed by atoms with Crippen molar-refractivity contribution in [3.8, 4) is 0 Å². The van der Waals surface area contributed by atoms with Gasteiger partial charge in [-0.3, -0.25) is 0 Å². The average molecular weight is 220 g/mol. The van der Waals surface area contributed by atoms with Crippen molar-refractivity contribution in [3.63, 3.8) is 0 Å². The maximum Gasteiger partial charge on any atom is 0.0366 e. The highest BCUT2D eigenvalue weighted by Gasteiger charge is 2.02. The van der Waals surface area contributed by atoms with Crippen molar-refractivity contribution in [2.45, 2.75) is 27.2 Å². The molecule has 1 aromatic carbocycles. The van der Waals surface area contributed by atoms with E-state index in [4.69, 9.17) is 0 Å². The number of likely N-dealkylation sites (N-methyl/N-ethyl adjacent to an activating group) is 1. The third-order valence-electron chi connectivity index (χ3n) is 2.77. The molecule has 1 aromatic rings. The molecule has 0 spiro atoms. The van der Waals surface area contributed by atoms with Crippen molar-refractivity contribution in [3.05, 3.63) is 29.8 Å². The first kappa shape index (κ1) is 13.0. The van der Waals surface area contributed by atoms with Gasteiger partial charge in [-0.05, 0) is 38.9 Å². The van der Waals surface area contributed by atoms with Gasteiger partial charge in [0.1, 0.15) is 0 Å². The molecular weight excluding hydrogens is 196 g/mol. The quantitative estimate of drug-likeness (QED) is 0.711. The van der Waals surface area contributed by atoms with Crippen LogP contribution in [0.1, 0.15) is 25.8 Å². The molecule has 0 atom stereocenters. The van der Waals surface area contributed by atoms with Crippen molar-refractivity contribution < 1.29 is 0 Å². The van der Waals surface area contributed by atoms with Crippen LogP contribution < -0.4 is 10.2 Å². The molecule has 90 valence electrons. The Labute approximate surface area is 99.7 Å². The van der Waals surface area contributed by atoms with Crippen LogP contribution in [-0.2, 0) is 0 Å². The molecule has 0 radical (unpaired) electrons. The van der Waals surface area contributed by atoms with Gasteiger partial charge in [-0.2, -0.15) is 0 Å². The smallest absolute Gasteiger partial charge is 0.0366 e. The van der Waals surface area contributed by atoms with E-state index in [0.717, 1.165) is 26.2 Å². The van der Waals surface area contributed by atoms with Crippen molar-refractivity contribution >= 4 is 5.69 Å². The van der Waals surface area contributed by atoms with Crippen LogP contribution in [0.2, 0.25) is 0 Å². The van der Waals surface area contributed by atoms with Crippen LogP contribution in [0.3, 0.4) is 0 Å². The summed E-state index contributed by atoms with van der Waals surface area (Å²) in [4.78, 5) is 2.40. The number of hydrogen-bond donors (Lipinski definition) is 1. The second kappa shape index (κ2) is 7.29. The number of nitrogens with one attached hydrogen (secondary N) is 1. The molecule has 0 saturated carbocycles. The zero-order valence-electron chi connectivity index (χ0n) is 10.8. The maximum absolute atomic E-state index is 3.44. The van der Waals surface area contributed by atoms with Gasteiger partial charge < -0.3 is 10.2 Å². The lowest BCUT2D eigenvalue weighted by Gasteiger charge is -2.23. The van der Waals surface area contributed by atoms with E-state index in [1.165, 1.54) is 17.7 Å². The fourth-order valence-electron chi connectivity index (χ4n) is 1.74. The molecule has 16 heavy (non-hydrogen) atoms. The molecule has 0 aromatic heterocycles. The minimum atomic E-state index is 1.07. The van der Waals surface area contributed by atoms with E-state index < -0.39 is 0 Å². The molecule has 2 heteroatoms. The van der Waals surface area contributed by atoms with Crippen LogP contribution in [-0.4, -0.2) is 26.2 Å². The van der Waals surface area contributed by atoms with E-state index in [-0.39, 0.29) is 0 Å². The molecule has 0 bridgehead atoms. The molecule has 0 amide bonds. The standard InChI is InChI=1S/C14H24N2/c1-4-10-15-11-12-16(5-2)14-8-6-13(3)7-9-14/h6-9,15H,4-5,10-12H2,1-3H3. The summed E-state index contributed by atoms with van der Waals surface area (Å²) in [5, 5.41) is 3.44. The van der Waals surface area contributed by atoms with Crippen molar-refractivity contribution in [1.29, 1.82) is 0 Å². The van der Waals surface area contributed by atoms with Crippen LogP contribution in [0.15, 0.2) is 24.3 Å². The summed E-state index contributed by atoms with van der Waals surface area (Å²) in [6, 6.07) is 8.77. The summed E-state index contributed by atoms with van der Waals surface area (Å²) in [6.07, 6.45) is 1.21. The number of nitrogens with zero attached hydrogens (tertiary/aromatic N) is 1. The lowest BCUT2D eigenvalue weighted by Crippen LogP contribution is -2.32. The molecule has 1 N–H and O–H groups in total. The second-order valence-corrected chi connectivity index (χ2v) is 4.17. The number of rotatable bonds is 7. The molecule has 0 unspecified atom stereocenters. The zero-order chi connectivity index (χ0) is 11.8. The molecule has 2 nitrogen and oxygen atoms in total. The maximum atomic E-state index is 3.44. The van der Waals surface area contributed by atoms with Gasteiger partial charge in [0, 0.05) is 25.3 Å². The molecule has 0 aliphatic rings. The SMILES string of the molecule is CCCNCCN(CC)c1ccc(C)cc1. The summed E-state index contributed by atoms with van der Waals surface area (Å²) < 4.78 is 0. The molecule has 0 aliphatic carbocycles. The summed E-state index contributed by atoms with van der Waals surface area (Å²) >= 11 is 0. The molecule has 0 aliphatic heterocycles. The summed E-state index contributed by atoms with van der Waals surface area (Å²) in [7, 11) is 0. The van der Waals surface area contributed by atoms with E-state index >= 15 is 0 Å². The minimum absolute atomic E-state index is 1.07. The third kappa shape index (κ3) is 4.23. The fraction of sp³-hybridized carbons (Fsp3) is 0.571. The first-order valence-corrected chi connectivity index (χ1v) is 6.30. The topological polar surface area (TPSA) is 15.3 Å². The van der Waals surface area contributed by atoms with E-state index in [2.05, 4.69) is 55.3 Å². The van der Waals surface area contributed by atoms with E-state index in [1.807, 2.05) is 0 Å². The van der Waals surface area contributed by atoms with Crippen LogP contribution in [0.25, 0.3) is 0 Å². The lowest BCUT2D eigenvalue weighted by molar-refractivity contribution is 0.654. The molecule has 0 saturated heterocycles. The molecule has 0 fully saturated rings. The Balaban J connectivity index is 2.44. The minimum Gasteiger partial charge on any atom is -0.371 e. The first-order chi connectivity index (χ1) is 7.77. The van der Waals surface area contributed by atoms with Gasteiger partial charge in [-0.15, -0.1) is 0 Å². The Morgan fingerprint density at radius 2 is 1.75 bits per heavy atom. The highest BCUT2D eigenvalue weighted by molar-refractivity contribution is 5.47. The van der Waals surface area contributed by atoms with E-state index in [9.17, 15) is 0 Å². The first-order valence-electron chi connectivity index (χ1n) is 6.30. The van der Waals surface area contributed by atoms with Crippen LogP contribution in [0, 0.1) is 6.92 Å². The van der Waals surface area contributed by atoms with E-state index in [1.54, 1.807) is 0 Å². The van der Waals surface area contributed by atoms with Gasteiger partial charge in [0.05, 0.1) is 0 Å². The summed E-state index contributed by atoms with van der Waals surface area (Å²) in [5.74, 6) is 0. The molecule has 1 rings (SSSR count). The number of hydrogen-bond acceptors (Lipinski definition) is 2. The van der Waals surface area contributed by atoms with Crippen LogP contribution in [0.5, 0.6) is 0 Å². The zero-order valence-corrected chi connectivity index (χ0v) is 10.8. The second-order valence-electron chi connectivity index (χ2n) is 4.17. The van der Waals surface area contributed by atoms with Crippen molar-refractivity contribution in [2.75, 3.05) is 31.1 Å². The number of anilines is 1. The van der Waals surface area contributed by atoms with Crippen LogP contribution >= 0.6 is 0 Å². The lowest BCUT2D eigenvalue weighted by atomic mass is 10.2. The molecular formula is C14H24N2. The highest BCUT2D eigenvalue weighted by atomic mass is 15.1. The van der Waals surface area contributed by atoms with E-state index in [0.29, 0.717) is 0 Å². The summed E-state index contributed by atoms with van der Waals surface area (Å²) in [5.41, 5.74) is 2.65. The van der Waals surface area contributed by atoms with Crippen LogP contribution in [0.4, 0.5) is 5.69 Å². The van der Waals surface area contributed by atoms with Gasteiger partial charge in [0.2, 0.25) is 0 Å². The number of benzene rings is 1. The fourth-order valence-corrected chi connectivity index (χ4v) is 1.74. The monoisotopic (exact) mass is 220 g/mol. The largest absolute Gasteiger partial charge is 0.371 e. The Hall–Kier alpha value is -1.02. The van der Waals surface area contributed by atoms with Crippen molar-refractivity contribution in [1.82, 2.24) is 5.32 Å². The normalized spacial score (nSPS) is 10.4. The third-order valence-corrected chi connectivity index (χ3v) is 2.77. The number of aryl methyl sites for hydroxylation is 1. The van der Waals surface area contributed by atoms with Gasteiger partial charge in [0.15, 0.2) is 0 Å². The Kier molecular flexibility index (Phi) is 5.94. The Morgan fingerprint density at radius 3 is 2.31 bits per heavy atom. The highest BCUT2D eigenvalue weighted by Crippen LogP contribution is 2.13.